The third-order valence-electron chi connectivity index (χ3n) is 4.15. The van der Waals surface area contributed by atoms with Gasteiger partial charge in [0.05, 0.1) is 0 Å². The van der Waals surface area contributed by atoms with Crippen molar-refractivity contribution < 1.29 is 9.59 Å². The van der Waals surface area contributed by atoms with E-state index in [-0.39, 0.29) is 18.4 Å². The summed E-state index contributed by atoms with van der Waals surface area (Å²) in [6.07, 6.45) is 0. The average molecular weight is 359 g/mol. The van der Waals surface area contributed by atoms with Gasteiger partial charge in [-0.25, -0.2) is 0 Å². The lowest BCUT2D eigenvalue weighted by atomic mass is 10.1. The van der Waals surface area contributed by atoms with E-state index in [1.807, 2.05) is 50.2 Å². The van der Waals surface area contributed by atoms with Gasteiger partial charge in [-0.1, -0.05) is 48.0 Å². The molecule has 0 spiro atoms. The smallest absolute Gasteiger partial charge is 0.242 e. The largest absolute Gasteiger partial charge is 0.337 e. The van der Waals surface area contributed by atoms with Crippen LogP contribution in [0, 0.1) is 6.92 Å². The quantitative estimate of drug-likeness (QED) is 0.781. The third kappa shape index (κ3) is 4.83. The molecule has 25 heavy (non-hydrogen) atoms. The van der Waals surface area contributed by atoms with E-state index < -0.39 is 0 Å². The first-order valence-electron chi connectivity index (χ1n) is 8.29. The Labute approximate surface area is 154 Å². The van der Waals surface area contributed by atoms with E-state index in [2.05, 4.69) is 0 Å². The Kier molecular flexibility index (Phi) is 6.59. The van der Waals surface area contributed by atoms with E-state index in [1.165, 1.54) is 11.8 Å². The number of hydrogen-bond acceptors (Lipinski definition) is 2. The maximum absolute atomic E-state index is 12.8. The molecule has 0 aliphatic rings. The zero-order valence-corrected chi connectivity index (χ0v) is 15.6. The van der Waals surface area contributed by atoms with Crippen molar-refractivity contribution in [3.05, 3.63) is 64.7 Å². The van der Waals surface area contributed by atoms with Gasteiger partial charge >= 0.3 is 0 Å². The molecule has 0 fully saturated rings. The highest BCUT2D eigenvalue weighted by Crippen LogP contribution is 2.26. The number of amides is 2. The molecule has 5 heteroatoms. The first-order chi connectivity index (χ1) is 11.9. The van der Waals surface area contributed by atoms with Crippen molar-refractivity contribution in [1.29, 1.82) is 0 Å². The highest BCUT2D eigenvalue weighted by Gasteiger charge is 2.21. The van der Waals surface area contributed by atoms with Gasteiger partial charge < -0.3 is 9.80 Å². The molecule has 0 atom stereocenters. The van der Waals surface area contributed by atoms with E-state index >= 15 is 0 Å². The predicted octanol–water partition coefficient (Wildman–Crippen LogP) is 4.05. The van der Waals surface area contributed by atoms with Gasteiger partial charge in [0.1, 0.15) is 6.54 Å². The van der Waals surface area contributed by atoms with Crippen LogP contribution in [-0.4, -0.2) is 29.8 Å². The number of likely N-dealkylation sites (N-methyl/N-ethyl adjacent to an activating group) is 1. The summed E-state index contributed by atoms with van der Waals surface area (Å²) >= 11 is 6.16. The lowest BCUT2D eigenvalue weighted by Crippen LogP contribution is -2.42. The summed E-state index contributed by atoms with van der Waals surface area (Å²) in [4.78, 5) is 28.1. The Hall–Kier alpha value is -2.33. The number of rotatable bonds is 6. The van der Waals surface area contributed by atoms with Gasteiger partial charge in [-0.15, -0.1) is 0 Å². The number of benzene rings is 2. The van der Waals surface area contributed by atoms with E-state index in [9.17, 15) is 9.59 Å². The molecule has 0 aliphatic heterocycles. The first-order valence-corrected chi connectivity index (χ1v) is 8.66. The monoisotopic (exact) mass is 358 g/mol. The molecule has 0 unspecified atom stereocenters. The lowest BCUT2D eigenvalue weighted by molar-refractivity contribution is -0.131. The van der Waals surface area contributed by atoms with Crippen LogP contribution >= 0.6 is 11.6 Å². The Morgan fingerprint density at radius 3 is 2.32 bits per heavy atom. The summed E-state index contributed by atoms with van der Waals surface area (Å²) in [6, 6.07) is 15.2. The standard InChI is InChI=1S/C20H23ClN2O2/c1-4-22(13-17-9-6-5-7-10-17)20(25)14-23(16(3)24)19-12-8-11-18(21)15(19)2/h5-12H,4,13-14H2,1-3H3. The van der Waals surface area contributed by atoms with Crippen molar-refractivity contribution in [3.8, 4) is 0 Å². The summed E-state index contributed by atoms with van der Waals surface area (Å²) in [6.45, 7) is 6.34. The van der Waals surface area contributed by atoms with Gasteiger partial charge in [0.2, 0.25) is 11.8 Å². The number of anilines is 1. The molecular weight excluding hydrogens is 336 g/mol. The minimum Gasteiger partial charge on any atom is -0.337 e. The molecule has 0 bridgehead atoms. The van der Waals surface area contributed by atoms with Gasteiger partial charge in [0, 0.05) is 30.7 Å². The zero-order chi connectivity index (χ0) is 18.4. The van der Waals surface area contributed by atoms with Crippen LogP contribution in [0.3, 0.4) is 0 Å². The first kappa shape index (κ1) is 19.0. The molecular formula is C20H23ClN2O2. The van der Waals surface area contributed by atoms with Gasteiger partial charge in [0.15, 0.2) is 0 Å². The second-order valence-electron chi connectivity index (χ2n) is 5.88. The molecule has 4 nitrogen and oxygen atoms in total. The van der Waals surface area contributed by atoms with E-state index in [4.69, 9.17) is 11.6 Å². The highest BCUT2D eigenvalue weighted by atomic mass is 35.5. The number of hydrogen-bond donors (Lipinski definition) is 0. The van der Waals surface area contributed by atoms with Crippen molar-refractivity contribution in [2.24, 2.45) is 0 Å². The van der Waals surface area contributed by atoms with E-state index in [0.717, 1.165) is 11.1 Å². The predicted molar refractivity (Wildman–Crippen MR) is 102 cm³/mol. The zero-order valence-electron chi connectivity index (χ0n) is 14.8. The fourth-order valence-electron chi connectivity index (χ4n) is 2.67. The van der Waals surface area contributed by atoms with Crippen molar-refractivity contribution in [1.82, 2.24) is 4.90 Å². The van der Waals surface area contributed by atoms with Crippen LogP contribution in [0.4, 0.5) is 5.69 Å². The van der Waals surface area contributed by atoms with Crippen molar-refractivity contribution >= 4 is 29.1 Å². The molecule has 2 amide bonds. The number of halogens is 1. The normalized spacial score (nSPS) is 10.4. The highest BCUT2D eigenvalue weighted by molar-refractivity contribution is 6.31. The molecule has 2 rings (SSSR count). The molecule has 0 saturated heterocycles. The number of nitrogens with zero attached hydrogens (tertiary/aromatic N) is 2. The minimum atomic E-state index is -0.186. The molecule has 132 valence electrons. The van der Waals surface area contributed by atoms with Crippen LogP contribution in [0.5, 0.6) is 0 Å². The molecule has 0 aromatic heterocycles. The average Bonchev–Trinajstić information content (AvgIpc) is 2.60. The SMILES string of the molecule is CCN(Cc1ccccc1)C(=O)CN(C(C)=O)c1cccc(Cl)c1C. The molecule has 0 aliphatic carbocycles. The van der Waals surface area contributed by atoms with Crippen LogP contribution < -0.4 is 4.90 Å². The van der Waals surface area contributed by atoms with E-state index in [0.29, 0.717) is 23.8 Å². The van der Waals surface area contributed by atoms with Crippen LogP contribution in [0.15, 0.2) is 48.5 Å². The molecule has 0 saturated carbocycles. The van der Waals surface area contributed by atoms with Crippen LogP contribution in [0.25, 0.3) is 0 Å². The Bertz CT molecular complexity index is 747. The van der Waals surface area contributed by atoms with Gasteiger partial charge in [0.25, 0.3) is 0 Å². The van der Waals surface area contributed by atoms with Crippen LogP contribution in [-0.2, 0) is 16.1 Å². The molecule has 0 radical (unpaired) electrons. The number of carbonyl (C=O) groups is 2. The number of carbonyl (C=O) groups excluding carboxylic acids is 2. The summed E-state index contributed by atoms with van der Waals surface area (Å²) in [5.41, 5.74) is 2.52. The molecule has 2 aromatic rings. The molecule has 0 heterocycles. The Balaban J connectivity index is 2.19. The minimum absolute atomic E-state index is 0.00279. The van der Waals surface area contributed by atoms with Gasteiger partial charge in [-0.05, 0) is 37.1 Å². The van der Waals surface area contributed by atoms with Crippen molar-refractivity contribution in [2.75, 3.05) is 18.0 Å². The van der Waals surface area contributed by atoms with Crippen LogP contribution in [0.1, 0.15) is 25.0 Å². The summed E-state index contributed by atoms with van der Waals surface area (Å²) < 4.78 is 0. The molecule has 2 aromatic carbocycles. The van der Waals surface area contributed by atoms with Crippen molar-refractivity contribution in [2.45, 2.75) is 27.3 Å². The Morgan fingerprint density at radius 2 is 1.72 bits per heavy atom. The van der Waals surface area contributed by atoms with Crippen LogP contribution in [0.2, 0.25) is 5.02 Å². The second-order valence-corrected chi connectivity index (χ2v) is 6.29. The maximum Gasteiger partial charge on any atom is 0.242 e. The second kappa shape index (κ2) is 8.67. The van der Waals surface area contributed by atoms with Gasteiger partial charge in [-0.2, -0.15) is 0 Å². The third-order valence-corrected chi connectivity index (χ3v) is 4.56. The fourth-order valence-corrected chi connectivity index (χ4v) is 2.84. The molecule has 0 N–H and O–H groups in total. The summed E-state index contributed by atoms with van der Waals surface area (Å²) in [5.74, 6) is -0.282. The lowest BCUT2D eigenvalue weighted by Gasteiger charge is -2.27. The van der Waals surface area contributed by atoms with Gasteiger partial charge in [-0.3, -0.25) is 9.59 Å². The van der Waals surface area contributed by atoms with Crippen molar-refractivity contribution in [3.63, 3.8) is 0 Å². The fraction of sp³-hybridized carbons (Fsp3) is 0.300. The Morgan fingerprint density at radius 1 is 1.04 bits per heavy atom. The summed E-state index contributed by atoms with van der Waals surface area (Å²) in [5, 5.41) is 0.577. The van der Waals surface area contributed by atoms with E-state index in [1.54, 1.807) is 17.0 Å². The topological polar surface area (TPSA) is 40.6 Å². The summed E-state index contributed by atoms with van der Waals surface area (Å²) in [7, 11) is 0. The maximum atomic E-state index is 12.8.